The van der Waals surface area contributed by atoms with Crippen molar-refractivity contribution < 1.29 is 24.2 Å². The summed E-state index contributed by atoms with van der Waals surface area (Å²) in [4.78, 5) is 39.8. The van der Waals surface area contributed by atoms with Gasteiger partial charge in [0.1, 0.15) is 15.9 Å². The zero-order chi connectivity index (χ0) is 19.3. The van der Waals surface area contributed by atoms with E-state index in [1.54, 1.807) is 26.2 Å². The van der Waals surface area contributed by atoms with E-state index < -0.39 is 17.9 Å². The van der Waals surface area contributed by atoms with Crippen molar-refractivity contribution in [3.8, 4) is 0 Å². The molecule has 0 saturated carbocycles. The number of methoxy groups -OCH3 is 1. The number of benzene rings is 1. The van der Waals surface area contributed by atoms with E-state index in [1.807, 2.05) is 0 Å². The summed E-state index contributed by atoms with van der Waals surface area (Å²) < 4.78 is 5.01. The Bertz CT molecular complexity index is 816. The molecule has 0 fully saturated rings. The Kier molecular flexibility index (Phi) is 6.42. The lowest BCUT2D eigenvalue weighted by atomic mass is 10.2. The molecule has 1 atom stereocenters. The zero-order valence-electron chi connectivity index (χ0n) is 14.5. The molecule has 2 aromatic rings. The Morgan fingerprint density at radius 2 is 1.88 bits per heavy atom. The topological polar surface area (TPSA) is 118 Å². The summed E-state index contributed by atoms with van der Waals surface area (Å²) in [5, 5.41) is 14.6. The van der Waals surface area contributed by atoms with Crippen molar-refractivity contribution in [3.63, 3.8) is 0 Å². The van der Waals surface area contributed by atoms with Gasteiger partial charge in [-0.2, -0.15) is 0 Å². The summed E-state index contributed by atoms with van der Waals surface area (Å²) in [6.45, 7) is 3.48. The maximum atomic E-state index is 12.4. The van der Waals surface area contributed by atoms with Gasteiger partial charge in [0.2, 0.25) is 0 Å². The molecular formula is C17H19N3O5S. The van der Waals surface area contributed by atoms with Crippen LogP contribution in [0.25, 0.3) is 0 Å². The van der Waals surface area contributed by atoms with Gasteiger partial charge >= 0.3 is 5.97 Å². The van der Waals surface area contributed by atoms with E-state index in [2.05, 4.69) is 15.6 Å². The molecule has 9 heteroatoms. The van der Waals surface area contributed by atoms with Crippen molar-refractivity contribution in [2.45, 2.75) is 26.5 Å². The van der Waals surface area contributed by atoms with Crippen LogP contribution >= 0.6 is 11.3 Å². The van der Waals surface area contributed by atoms with Crippen molar-refractivity contribution in [2.24, 2.45) is 0 Å². The maximum Gasteiger partial charge on any atom is 0.325 e. The average molecular weight is 377 g/mol. The van der Waals surface area contributed by atoms with Crippen LogP contribution in [0.15, 0.2) is 24.3 Å². The highest BCUT2D eigenvalue weighted by atomic mass is 32.1. The lowest BCUT2D eigenvalue weighted by Crippen LogP contribution is -2.38. The molecular weight excluding hydrogens is 358 g/mol. The predicted molar refractivity (Wildman–Crippen MR) is 96.5 cm³/mol. The fraction of sp³-hybridized carbons (Fsp3) is 0.294. The smallest absolute Gasteiger partial charge is 0.325 e. The lowest BCUT2D eigenvalue weighted by molar-refractivity contribution is -0.138. The van der Waals surface area contributed by atoms with Crippen molar-refractivity contribution in [1.82, 2.24) is 10.3 Å². The summed E-state index contributed by atoms with van der Waals surface area (Å²) in [7, 11) is 1.56. The number of hydrogen-bond acceptors (Lipinski definition) is 6. The van der Waals surface area contributed by atoms with Gasteiger partial charge in [0, 0.05) is 18.4 Å². The second kappa shape index (κ2) is 8.54. The van der Waals surface area contributed by atoms with Crippen LogP contribution < -0.4 is 10.6 Å². The summed E-state index contributed by atoms with van der Waals surface area (Å²) in [5.41, 5.74) is 1.43. The first-order chi connectivity index (χ1) is 12.3. The molecule has 3 N–H and O–H groups in total. The summed E-state index contributed by atoms with van der Waals surface area (Å²) in [6.07, 6.45) is 0. The average Bonchev–Trinajstić information content (AvgIpc) is 2.96. The number of nitrogens with one attached hydrogen (secondary N) is 2. The highest BCUT2D eigenvalue weighted by molar-refractivity contribution is 7.13. The van der Waals surface area contributed by atoms with E-state index in [1.165, 1.54) is 30.4 Å². The molecule has 2 rings (SSSR count). The Balaban J connectivity index is 2.03. The van der Waals surface area contributed by atoms with E-state index in [0.29, 0.717) is 28.4 Å². The predicted octanol–water partition coefficient (Wildman–Crippen LogP) is 2.05. The number of nitrogens with zero attached hydrogens (tertiary/aromatic N) is 1. The number of carbonyl (C=O) groups is 3. The van der Waals surface area contributed by atoms with E-state index >= 15 is 0 Å². The number of carbonyl (C=O) groups excluding carboxylic acids is 2. The van der Waals surface area contributed by atoms with Gasteiger partial charge < -0.3 is 20.5 Å². The van der Waals surface area contributed by atoms with Gasteiger partial charge in [-0.15, -0.1) is 11.3 Å². The number of anilines is 1. The zero-order valence-corrected chi connectivity index (χ0v) is 15.3. The highest BCUT2D eigenvalue weighted by Crippen LogP contribution is 2.20. The largest absolute Gasteiger partial charge is 0.480 e. The molecule has 0 saturated heterocycles. The number of rotatable bonds is 7. The maximum absolute atomic E-state index is 12.4. The van der Waals surface area contributed by atoms with Crippen LogP contribution in [-0.4, -0.2) is 41.0 Å². The molecule has 1 unspecified atom stereocenters. The molecule has 0 radical (unpaired) electrons. The summed E-state index contributed by atoms with van der Waals surface area (Å²) >= 11 is 1.26. The van der Waals surface area contributed by atoms with Crippen LogP contribution in [-0.2, 0) is 16.1 Å². The lowest BCUT2D eigenvalue weighted by Gasteiger charge is -2.10. The fourth-order valence-electron chi connectivity index (χ4n) is 2.08. The molecule has 1 aromatic carbocycles. The molecule has 0 aliphatic heterocycles. The molecule has 0 bridgehead atoms. The quantitative estimate of drug-likeness (QED) is 0.680. The third kappa shape index (κ3) is 4.87. The number of hydrogen-bond donors (Lipinski definition) is 3. The standard InChI is InChI=1S/C17H19N3O5S/c1-9-14(26-13(18-9)8-25-3)16(22)20-12-6-4-11(5-7-12)15(21)19-10(2)17(23)24/h4-7,10H,8H2,1-3H3,(H,19,21)(H,20,22)(H,23,24). The SMILES string of the molecule is COCc1nc(C)c(C(=O)Nc2ccc(C(=O)NC(C)C(=O)O)cc2)s1. The minimum Gasteiger partial charge on any atom is -0.480 e. The van der Waals surface area contributed by atoms with E-state index in [-0.39, 0.29) is 5.91 Å². The van der Waals surface area contributed by atoms with Crippen molar-refractivity contribution >= 4 is 34.8 Å². The van der Waals surface area contributed by atoms with Gasteiger partial charge in [0.15, 0.2) is 0 Å². The Morgan fingerprint density at radius 1 is 1.23 bits per heavy atom. The first-order valence-electron chi connectivity index (χ1n) is 7.72. The van der Waals surface area contributed by atoms with Crippen LogP contribution in [0.3, 0.4) is 0 Å². The molecule has 0 aliphatic carbocycles. The minimum absolute atomic E-state index is 0.293. The second-order valence-corrected chi connectivity index (χ2v) is 6.60. The van der Waals surface area contributed by atoms with Crippen LogP contribution in [0.1, 0.15) is 37.7 Å². The van der Waals surface area contributed by atoms with Gasteiger partial charge in [-0.05, 0) is 38.1 Å². The number of amides is 2. The summed E-state index contributed by atoms with van der Waals surface area (Å²) in [6, 6.07) is 5.18. The van der Waals surface area contributed by atoms with Crippen LogP contribution in [0.2, 0.25) is 0 Å². The third-order valence-corrected chi connectivity index (χ3v) is 4.57. The molecule has 1 heterocycles. The van der Waals surface area contributed by atoms with Crippen molar-refractivity contribution in [2.75, 3.05) is 12.4 Å². The number of aliphatic carboxylic acids is 1. The number of aryl methyl sites for hydroxylation is 1. The van der Waals surface area contributed by atoms with E-state index in [4.69, 9.17) is 9.84 Å². The third-order valence-electron chi connectivity index (χ3n) is 3.44. The van der Waals surface area contributed by atoms with Gasteiger partial charge in [0.05, 0.1) is 12.3 Å². The first-order valence-corrected chi connectivity index (χ1v) is 8.53. The molecule has 1 aromatic heterocycles. The molecule has 138 valence electrons. The minimum atomic E-state index is -1.12. The highest BCUT2D eigenvalue weighted by Gasteiger charge is 2.17. The monoisotopic (exact) mass is 377 g/mol. The summed E-state index contributed by atoms with van der Waals surface area (Å²) in [5.74, 6) is -1.91. The molecule has 0 aliphatic rings. The fourth-order valence-corrected chi connectivity index (χ4v) is 3.01. The van der Waals surface area contributed by atoms with Gasteiger partial charge in [-0.25, -0.2) is 4.98 Å². The van der Waals surface area contributed by atoms with Gasteiger partial charge in [-0.3, -0.25) is 14.4 Å². The molecule has 8 nitrogen and oxygen atoms in total. The number of thiazole rings is 1. The van der Waals surface area contributed by atoms with Crippen molar-refractivity contribution in [3.05, 3.63) is 45.4 Å². The van der Waals surface area contributed by atoms with Crippen LogP contribution in [0.5, 0.6) is 0 Å². The Labute approximate surface area is 154 Å². The van der Waals surface area contributed by atoms with Crippen LogP contribution in [0.4, 0.5) is 5.69 Å². The first kappa shape index (κ1) is 19.5. The van der Waals surface area contributed by atoms with Gasteiger partial charge in [-0.1, -0.05) is 0 Å². The van der Waals surface area contributed by atoms with Crippen molar-refractivity contribution in [1.29, 1.82) is 0 Å². The Morgan fingerprint density at radius 3 is 2.46 bits per heavy atom. The number of aromatic nitrogens is 1. The Hall–Kier alpha value is -2.78. The second-order valence-electron chi connectivity index (χ2n) is 5.52. The van der Waals surface area contributed by atoms with E-state index in [0.717, 1.165) is 5.01 Å². The molecule has 2 amide bonds. The van der Waals surface area contributed by atoms with E-state index in [9.17, 15) is 14.4 Å². The van der Waals surface area contributed by atoms with Crippen LogP contribution in [0, 0.1) is 6.92 Å². The number of ether oxygens (including phenoxy) is 1. The molecule has 0 spiro atoms. The number of carboxylic acid groups (broad SMARTS) is 1. The van der Waals surface area contributed by atoms with Gasteiger partial charge in [0.25, 0.3) is 11.8 Å². The molecule has 26 heavy (non-hydrogen) atoms. The number of carboxylic acids is 1. The normalized spacial score (nSPS) is 11.7.